The average Bonchev–Trinajstić information content (AvgIpc) is 3.32. The van der Waals surface area contributed by atoms with Gasteiger partial charge in [0.25, 0.3) is 5.91 Å². The second kappa shape index (κ2) is 8.42. The van der Waals surface area contributed by atoms with Crippen molar-refractivity contribution >= 4 is 33.3 Å². The fourth-order valence-electron chi connectivity index (χ4n) is 3.94. The molecule has 1 saturated heterocycles. The Morgan fingerprint density at radius 1 is 1.38 bits per heavy atom. The number of fused-ring (bicyclic) bond motifs is 1. The molecule has 0 bridgehead atoms. The Kier molecular flexibility index (Phi) is 5.73. The molecule has 152 valence electrons. The zero-order chi connectivity index (χ0) is 20.4. The maximum absolute atomic E-state index is 12.9. The lowest BCUT2D eigenvalue weighted by Crippen LogP contribution is -2.27. The van der Waals surface area contributed by atoms with Crippen molar-refractivity contribution in [3.63, 3.8) is 0 Å². The summed E-state index contributed by atoms with van der Waals surface area (Å²) >= 11 is 1.47. The second-order valence-electron chi connectivity index (χ2n) is 7.30. The van der Waals surface area contributed by atoms with Gasteiger partial charge in [0.1, 0.15) is 16.5 Å². The van der Waals surface area contributed by atoms with Crippen molar-refractivity contribution < 1.29 is 9.53 Å². The van der Waals surface area contributed by atoms with Crippen molar-refractivity contribution in [2.45, 2.75) is 26.2 Å². The topological polar surface area (TPSA) is 80.2 Å². The van der Waals surface area contributed by atoms with Crippen LogP contribution in [-0.2, 0) is 4.74 Å². The van der Waals surface area contributed by atoms with Gasteiger partial charge >= 0.3 is 0 Å². The summed E-state index contributed by atoms with van der Waals surface area (Å²) in [5.74, 6) is 1.95. The van der Waals surface area contributed by atoms with Gasteiger partial charge in [0, 0.05) is 56.0 Å². The van der Waals surface area contributed by atoms with Crippen molar-refractivity contribution in [3.05, 3.63) is 46.4 Å². The summed E-state index contributed by atoms with van der Waals surface area (Å²) in [6.07, 6.45) is 2.75. The van der Waals surface area contributed by atoms with Gasteiger partial charge in [0.2, 0.25) is 0 Å². The fourth-order valence-corrected chi connectivity index (χ4v) is 5.08. The molecule has 29 heavy (non-hydrogen) atoms. The Labute approximate surface area is 174 Å². The van der Waals surface area contributed by atoms with Crippen molar-refractivity contribution in [3.8, 4) is 0 Å². The van der Waals surface area contributed by atoms with E-state index in [4.69, 9.17) is 4.74 Å². The summed E-state index contributed by atoms with van der Waals surface area (Å²) in [6, 6.07) is 6.04. The number of hydrogen-bond acceptors (Lipinski definition) is 7. The molecule has 8 heteroatoms. The monoisotopic (exact) mass is 411 g/mol. The number of thiophene rings is 1. The van der Waals surface area contributed by atoms with Crippen LogP contribution in [-0.4, -0.2) is 54.2 Å². The first-order valence-corrected chi connectivity index (χ1v) is 10.6. The molecule has 1 aliphatic heterocycles. The van der Waals surface area contributed by atoms with E-state index in [0.29, 0.717) is 13.2 Å². The van der Waals surface area contributed by atoms with Gasteiger partial charge < -0.3 is 15.0 Å². The first-order valence-electron chi connectivity index (χ1n) is 9.78. The number of aromatic nitrogens is 3. The average molecular weight is 412 g/mol. The Morgan fingerprint density at radius 3 is 3.03 bits per heavy atom. The summed E-state index contributed by atoms with van der Waals surface area (Å²) in [5.41, 5.74) is 2.08. The van der Waals surface area contributed by atoms with Crippen LogP contribution in [0.2, 0.25) is 0 Å². The zero-order valence-corrected chi connectivity index (χ0v) is 17.8. The van der Waals surface area contributed by atoms with Crippen LogP contribution in [0.4, 0.5) is 5.82 Å². The van der Waals surface area contributed by atoms with Gasteiger partial charge in [0.15, 0.2) is 0 Å². The highest BCUT2D eigenvalue weighted by Gasteiger charge is 2.31. The minimum atomic E-state index is -0.0489. The number of anilines is 1. The van der Waals surface area contributed by atoms with Crippen molar-refractivity contribution in [2.75, 3.05) is 38.3 Å². The van der Waals surface area contributed by atoms with Crippen LogP contribution in [0.25, 0.3) is 10.2 Å². The number of hydrogen-bond donors (Lipinski definition) is 1. The molecular formula is C21H25N5O2S. The number of nitrogens with one attached hydrogen (secondary N) is 1. The first kappa shape index (κ1) is 19.7. The number of nitrogens with zero attached hydrogens (tertiary/aromatic N) is 4. The summed E-state index contributed by atoms with van der Waals surface area (Å²) in [7, 11) is 1.63. The number of amides is 1. The predicted molar refractivity (Wildman–Crippen MR) is 115 cm³/mol. The van der Waals surface area contributed by atoms with Gasteiger partial charge in [-0.05, 0) is 31.9 Å². The molecule has 4 heterocycles. The maximum atomic E-state index is 12.9. The number of methoxy groups -OCH3 is 1. The normalized spacial score (nSPS) is 16.5. The highest BCUT2D eigenvalue weighted by Crippen LogP contribution is 2.40. The number of pyridine rings is 1. The molecule has 1 amide bonds. The van der Waals surface area contributed by atoms with Crippen LogP contribution >= 0.6 is 11.3 Å². The molecule has 1 aliphatic rings. The molecule has 1 N–H and O–H groups in total. The van der Waals surface area contributed by atoms with Gasteiger partial charge in [0.05, 0.1) is 11.5 Å². The van der Waals surface area contributed by atoms with Gasteiger partial charge in [-0.25, -0.2) is 15.0 Å². The van der Waals surface area contributed by atoms with E-state index in [1.807, 2.05) is 26.0 Å². The third kappa shape index (κ3) is 4.09. The third-order valence-corrected chi connectivity index (χ3v) is 6.30. The van der Waals surface area contributed by atoms with E-state index in [0.717, 1.165) is 57.5 Å². The van der Waals surface area contributed by atoms with Crippen LogP contribution < -0.4 is 10.2 Å². The Balaban J connectivity index is 1.64. The largest absolute Gasteiger partial charge is 0.383 e. The molecule has 1 fully saturated rings. The lowest BCUT2D eigenvalue weighted by atomic mass is 9.95. The summed E-state index contributed by atoms with van der Waals surface area (Å²) < 4.78 is 5.06. The van der Waals surface area contributed by atoms with E-state index in [-0.39, 0.29) is 11.8 Å². The molecule has 3 aromatic heterocycles. The second-order valence-corrected chi connectivity index (χ2v) is 8.30. The number of carbonyl (C=O) groups is 1. The standard InChI is InChI=1S/C21H25N5O2S/c1-13-11-17(25-14(2)24-13)26-9-6-15(12-26)18-16-5-4-7-23-21(16)29-19(18)20(27)22-8-10-28-3/h4-5,7,11,15H,6,8-10,12H2,1-3H3,(H,22,27)/t15-/m1/s1. The van der Waals surface area contributed by atoms with E-state index >= 15 is 0 Å². The highest BCUT2D eigenvalue weighted by atomic mass is 32.1. The van der Waals surface area contributed by atoms with Crippen molar-refractivity contribution in [1.29, 1.82) is 0 Å². The third-order valence-electron chi connectivity index (χ3n) is 5.18. The smallest absolute Gasteiger partial charge is 0.261 e. The number of carbonyl (C=O) groups excluding carboxylic acids is 1. The molecular weight excluding hydrogens is 386 g/mol. The van der Waals surface area contributed by atoms with Crippen LogP contribution in [0.3, 0.4) is 0 Å². The van der Waals surface area contributed by atoms with E-state index in [2.05, 4.69) is 31.2 Å². The summed E-state index contributed by atoms with van der Waals surface area (Å²) in [6.45, 7) is 6.63. The molecule has 7 nitrogen and oxygen atoms in total. The summed E-state index contributed by atoms with van der Waals surface area (Å²) in [4.78, 5) is 30.3. The van der Waals surface area contributed by atoms with E-state index in [9.17, 15) is 4.79 Å². The van der Waals surface area contributed by atoms with E-state index in [1.165, 1.54) is 11.3 Å². The number of aryl methyl sites for hydroxylation is 2. The fraction of sp³-hybridized carbons (Fsp3) is 0.429. The molecule has 0 spiro atoms. The Bertz CT molecular complexity index is 1010. The maximum Gasteiger partial charge on any atom is 0.261 e. The van der Waals surface area contributed by atoms with Crippen LogP contribution in [0.1, 0.15) is 39.1 Å². The quantitative estimate of drug-likeness (QED) is 0.628. The first-order chi connectivity index (χ1) is 14.1. The van der Waals surface area contributed by atoms with E-state index < -0.39 is 0 Å². The van der Waals surface area contributed by atoms with Gasteiger partial charge in [-0.15, -0.1) is 11.3 Å². The molecule has 0 radical (unpaired) electrons. The SMILES string of the molecule is COCCNC(=O)c1sc2ncccc2c1[C@@H]1CCN(c2cc(C)nc(C)n2)C1. The minimum absolute atomic E-state index is 0.0489. The molecule has 0 aromatic carbocycles. The van der Waals surface area contributed by atoms with Gasteiger partial charge in [-0.1, -0.05) is 6.07 Å². The zero-order valence-electron chi connectivity index (χ0n) is 16.9. The molecule has 0 aliphatic carbocycles. The molecule has 4 rings (SSSR count). The molecule has 0 saturated carbocycles. The van der Waals surface area contributed by atoms with Crippen molar-refractivity contribution in [2.24, 2.45) is 0 Å². The van der Waals surface area contributed by atoms with Gasteiger partial charge in [-0.2, -0.15) is 0 Å². The van der Waals surface area contributed by atoms with Crippen LogP contribution in [0.15, 0.2) is 24.4 Å². The lowest BCUT2D eigenvalue weighted by Gasteiger charge is -2.19. The molecule has 1 atom stereocenters. The minimum Gasteiger partial charge on any atom is -0.383 e. The Hall–Kier alpha value is -2.58. The number of rotatable bonds is 6. The summed E-state index contributed by atoms with van der Waals surface area (Å²) in [5, 5.41) is 4.05. The molecule has 3 aromatic rings. The number of ether oxygens (including phenoxy) is 1. The van der Waals surface area contributed by atoms with Gasteiger partial charge in [-0.3, -0.25) is 4.79 Å². The van der Waals surface area contributed by atoms with Crippen LogP contribution in [0.5, 0.6) is 0 Å². The van der Waals surface area contributed by atoms with Crippen LogP contribution in [0, 0.1) is 13.8 Å². The van der Waals surface area contributed by atoms with Crippen molar-refractivity contribution in [1.82, 2.24) is 20.3 Å². The Morgan fingerprint density at radius 2 is 2.24 bits per heavy atom. The highest BCUT2D eigenvalue weighted by molar-refractivity contribution is 7.20. The van der Waals surface area contributed by atoms with E-state index in [1.54, 1.807) is 13.3 Å². The predicted octanol–water partition coefficient (Wildman–Crippen LogP) is 3.07. The molecule has 0 unspecified atom stereocenters. The lowest BCUT2D eigenvalue weighted by molar-refractivity contribution is 0.0940.